The molecule has 4 N–H and O–H groups in total. The molecule has 6 nitrogen and oxygen atoms in total. The number of fused-ring (bicyclic) bond motifs is 1. The van der Waals surface area contributed by atoms with Gasteiger partial charge in [-0.1, -0.05) is 12.1 Å². The minimum Gasteiger partial charge on any atom is -0.370 e. The summed E-state index contributed by atoms with van der Waals surface area (Å²) in [5.41, 5.74) is 13.8. The minimum absolute atomic E-state index is 0.109. The Labute approximate surface area is 155 Å². The molecular formula is C20H19FN4O2. The lowest BCUT2D eigenvalue weighted by Crippen LogP contribution is -2.24. The quantitative estimate of drug-likeness (QED) is 0.421. The van der Waals surface area contributed by atoms with Gasteiger partial charge >= 0.3 is 0 Å². The molecule has 3 rings (SSSR count). The van der Waals surface area contributed by atoms with Crippen molar-refractivity contribution in [2.75, 3.05) is 0 Å². The maximum Gasteiger partial charge on any atom is 0.280 e. The summed E-state index contributed by atoms with van der Waals surface area (Å²) in [5, 5.41) is 0.652. The fourth-order valence-corrected chi connectivity index (χ4v) is 3.22. The summed E-state index contributed by atoms with van der Waals surface area (Å²) in [7, 11) is 0. The van der Waals surface area contributed by atoms with Crippen molar-refractivity contribution in [2.45, 2.75) is 20.4 Å². The number of hydrogen-bond donors (Lipinski definition) is 2. The van der Waals surface area contributed by atoms with E-state index in [1.807, 2.05) is 11.5 Å². The number of Topliss-reactive ketones (excluding diaryl/α,β-unsaturated/α-hetero) is 1. The average Bonchev–Trinajstić information content (AvgIpc) is 2.87. The van der Waals surface area contributed by atoms with Crippen molar-refractivity contribution in [3.63, 3.8) is 0 Å². The van der Waals surface area contributed by atoms with Crippen LogP contribution in [0.2, 0.25) is 0 Å². The molecule has 0 aliphatic heterocycles. The maximum absolute atomic E-state index is 13.2. The van der Waals surface area contributed by atoms with Gasteiger partial charge in [-0.15, -0.1) is 0 Å². The number of halogens is 1. The lowest BCUT2D eigenvalue weighted by atomic mass is 10.1. The van der Waals surface area contributed by atoms with Crippen LogP contribution in [0.5, 0.6) is 0 Å². The van der Waals surface area contributed by atoms with Crippen molar-refractivity contribution >= 4 is 28.6 Å². The van der Waals surface area contributed by atoms with E-state index in [0.717, 1.165) is 16.8 Å². The molecule has 0 saturated carbocycles. The third-order valence-corrected chi connectivity index (χ3v) is 4.41. The normalized spacial score (nSPS) is 10.8. The molecule has 0 bridgehead atoms. The van der Waals surface area contributed by atoms with E-state index in [-0.39, 0.29) is 23.1 Å². The van der Waals surface area contributed by atoms with Crippen molar-refractivity contribution in [1.29, 1.82) is 0 Å². The molecule has 3 aromatic rings. The van der Waals surface area contributed by atoms with Crippen LogP contribution in [0.3, 0.4) is 0 Å². The second-order valence-electron chi connectivity index (χ2n) is 6.30. The van der Waals surface area contributed by atoms with Crippen LogP contribution in [-0.4, -0.2) is 22.2 Å². The molecule has 0 radical (unpaired) electrons. The Morgan fingerprint density at radius 1 is 1.11 bits per heavy atom. The molecule has 0 aliphatic rings. The van der Waals surface area contributed by atoms with Crippen molar-refractivity contribution in [1.82, 2.24) is 4.57 Å². The number of aromatic nitrogens is 1. The molecule has 0 unspecified atom stereocenters. The molecule has 1 heterocycles. The van der Waals surface area contributed by atoms with Crippen LogP contribution in [0.25, 0.3) is 10.9 Å². The molecule has 2 aromatic carbocycles. The molecule has 0 fully saturated rings. The number of guanidine groups is 1. The van der Waals surface area contributed by atoms with E-state index >= 15 is 0 Å². The van der Waals surface area contributed by atoms with Gasteiger partial charge in [-0.3, -0.25) is 9.59 Å². The lowest BCUT2D eigenvalue weighted by molar-refractivity contribution is 0.0997. The number of amides is 1. The highest BCUT2D eigenvalue weighted by Crippen LogP contribution is 2.28. The second-order valence-corrected chi connectivity index (χ2v) is 6.30. The van der Waals surface area contributed by atoms with Crippen LogP contribution in [0.4, 0.5) is 4.39 Å². The summed E-state index contributed by atoms with van der Waals surface area (Å²) in [4.78, 5) is 27.9. The third-order valence-electron chi connectivity index (χ3n) is 4.41. The number of ketones is 1. The summed E-state index contributed by atoms with van der Waals surface area (Å²) in [5.74, 6) is -1.31. The van der Waals surface area contributed by atoms with Gasteiger partial charge in [0.2, 0.25) is 0 Å². The number of hydrogen-bond acceptors (Lipinski definition) is 2. The predicted molar refractivity (Wildman–Crippen MR) is 102 cm³/mol. The first-order chi connectivity index (χ1) is 12.8. The van der Waals surface area contributed by atoms with E-state index in [2.05, 4.69) is 4.99 Å². The highest BCUT2D eigenvalue weighted by atomic mass is 19.1. The van der Waals surface area contributed by atoms with Gasteiger partial charge in [0.05, 0.1) is 0 Å². The zero-order chi connectivity index (χ0) is 19.7. The molecular weight excluding hydrogens is 347 g/mol. The van der Waals surface area contributed by atoms with E-state index in [0.29, 0.717) is 17.5 Å². The van der Waals surface area contributed by atoms with E-state index in [1.54, 1.807) is 30.3 Å². The Kier molecular flexibility index (Phi) is 4.77. The molecule has 138 valence electrons. The molecule has 1 amide bonds. The zero-order valence-electron chi connectivity index (χ0n) is 15.0. The molecule has 1 aromatic heterocycles. The van der Waals surface area contributed by atoms with Crippen molar-refractivity contribution in [3.05, 3.63) is 70.7 Å². The van der Waals surface area contributed by atoms with Gasteiger partial charge in [0, 0.05) is 34.3 Å². The summed E-state index contributed by atoms with van der Waals surface area (Å²) in [6.07, 6.45) is 0. The molecule has 7 heteroatoms. The molecule has 0 atom stereocenters. The number of rotatable bonds is 4. The monoisotopic (exact) mass is 366 g/mol. The Morgan fingerprint density at radius 3 is 2.37 bits per heavy atom. The Morgan fingerprint density at radius 2 is 1.78 bits per heavy atom. The number of aliphatic imine (C=N–C) groups is 1. The van der Waals surface area contributed by atoms with Gasteiger partial charge < -0.3 is 16.0 Å². The topological polar surface area (TPSA) is 103 Å². The highest BCUT2D eigenvalue weighted by molar-refractivity contribution is 6.11. The van der Waals surface area contributed by atoms with Crippen LogP contribution in [-0.2, 0) is 6.54 Å². The zero-order valence-corrected chi connectivity index (χ0v) is 15.0. The summed E-state index contributed by atoms with van der Waals surface area (Å²) < 4.78 is 15.1. The molecule has 0 aliphatic carbocycles. The average molecular weight is 366 g/mol. The highest BCUT2D eigenvalue weighted by Gasteiger charge is 2.19. The third kappa shape index (κ3) is 3.57. The SMILES string of the molecule is CC(=O)c1c(C)n(Cc2ccc(F)cc2)c2ccc(C(=O)N=C(N)N)cc12. The number of carbonyl (C=O) groups is 2. The largest absolute Gasteiger partial charge is 0.370 e. The number of carbonyl (C=O) groups excluding carboxylic acids is 2. The number of nitrogens with zero attached hydrogens (tertiary/aromatic N) is 2. The summed E-state index contributed by atoms with van der Waals surface area (Å²) >= 11 is 0. The minimum atomic E-state index is -0.574. The van der Waals surface area contributed by atoms with Crippen LogP contribution in [0.1, 0.15) is 38.9 Å². The second kappa shape index (κ2) is 7.03. The predicted octanol–water partition coefficient (Wildman–Crippen LogP) is 2.75. The van der Waals surface area contributed by atoms with Crippen molar-refractivity contribution in [3.8, 4) is 0 Å². The first-order valence-electron chi connectivity index (χ1n) is 8.30. The van der Waals surface area contributed by atoms with Gasteiger partial charge in [-0.05, 0) is 49.7 Å². The van der Waals surface area contributed by atoms with E-state index < -0.39 is 5.91 Å². The Balaban J connectivity index is 2.16. The molecule has 0 spiro atoms. The van der Waals surface area contributed by atoms with E-state index in [9.17, 15) is 14.0 Å². The number of nitrogens with two attached hydrogens (primary N) is 2. The first kappa shape index (κ1) is 18.3. The van der Waals surface area contributed by atoms with Crippen molar-refractivity contribution < 1.29 is 14.0 Å². The fraction of sp³-hybridized carbons (Fsp3) is 0.150. The Hall–Kier alpha value is -3.48. The van der Waals surface area contributed by atoms with Gasteiger partial charge in [-0.2, -0.15) is 4.99 Å². The van der Waals surface area contributed by atoms with Crippen LogP contribution >= 0.6 is 0 Å². The standard InChI is InChI=1S/C20H19FN4O2/c1-11-18(12(2)26)16-9-14(19(27)24-20(22)23)5-8-17(16)25(11)10-13-3-6-15(21)7-4-13/h3-9H,10H2,1-2H3,(H4,22,23,24,27). The van der Waals surface area contributed by atoms with Gasteiger partial charge in [0.1, 0.15) is 5.82 Å². The van der Waals surface area contributed by atoms with Crippen LogP contribution in [0, 0.1) is 12.7 Å². The fourth-order valence-electron chi connectivity index (χ4n) is 3.22. The summed E-state index contributed by atoms with van der Waals surface area (Å²) in [6.45, 7) is 3.80. The van der Waals surface area contributed by atoms with Crippen LogP contribution < -0.4 is 11.5 Å². The lowest BCUT2D eigenvalue weighted by Gasteiger charge is -2.09. The van der Waals surface area contributed by atoms with Gasteiger partial charge in [-0.25, -0.2) is 4.39 Å². The molecule has 27 heavy (non-hydrogen) atoms. The van der Waals surface area contributed by atoms with Crippen molar-refractivity contribution in [2.24, 2.45) is 16.5 Å². The molecule has 0 saturated heterocycles. The van der Waals surface area contributed by atoms with E-state index in [4.69, 9.17) is 11.5 Å². The van der Waals surface area contributed by atoms with Crippen LogP contribution in [0.15, 0.2) is 47.5 Å². The Bertz CT molecular complexity index is 1080. The smallest absolute Gasteiger partial charge is 0.280 e. The maximum atomic E-state index is 13.2. The van der Waals surface area contributed by atoms with E-state index in [1.165, 1.54) is 19.1 Å². The first-order valence-corrected chi connectivity index (χ1v) is 8.30. The van der Waals surface area contributed by atoms with Gasteiger partial charge in [0.25, 0.3) is 5.91 Å². The van der Waals surface area contributed by atoms with Gasteiger partial charge in [0.15, 0.2) is 11.7 Å². The summed E-state index contributed by atoms with van der Waals surface area (Å²) in [6, 6.07) is 11.2. The number of benzene rings is 2.